The van der Waals surface area contributed by atoms with E-state index in [9.17, 15) is 9.59 Å². The van der Waals surface area contributed by atoms with E-state index < -0.39 is 5.97 Å². The van der Waals surface area contributed by atoms with Gasteiger partial charge in [-0.1, -0.05) is 13.8 Å². The zero-order chi connectivity index (χ0) is 18.7. The summed E-state index contributed by atoms with van der Waals surface area (Å²) < 4.78 is 1.88. The maximum atomic E-state index is 12.4. The molecular formula is C19H30N4O3. The largest absolute Gasteiger partial charge is 0.480 e. The fourth-order valence-electron chi connectivity index (χ4n) is 3.74. The molecule has 0 saturated heterocycles. The van der Waals surface area contributed by atoms with Gasteiger partial charge in [-0.05, 0) is 50.5 Å². The lowest BCUT2D eigenvalue weighted by atomic mass is 9.85. The Labute approximate surface area is 154 Å². The number of rotatable bonds is 10. The molecule has 2 N–H and O–H groups in total. The van der Waals surface area contributed by atoms with Gasteiger partial charge in [0.15, 0.2) is 0 Å². The highest BCUT2D eigenvalue weighted by atomic mass is 16.4. The molecule has 3 rings (SSSR count). The molecule has 7 heteroatoms. The summed E-state index contributed by atoms with van der Waals surface area (Å²) in [5, 5.41) is 16.6. The maximum absolute atomic E-state index is 12.4. The highest BCUT2D eigenvalue weighted by Crippen LogP contribution is 2.33. The molecule has 2 saturated carbocycles. The number of nitrogens with zero attached hydrogens (tertiary/aromatic N) is 3. The standard InChI is InChI=1S/C19H30N4O3/c1-3-15(4-2)23-8-7-17(21-23)19(26)20-14-9-16(10-14)22(12-18(24)25)11-13-5-6-13/h7-8,13-16H,3-6,9-12H2,1-2H3,(H,20,26)(H,24,25). The van der Waals surface area contributed by atoms with E-state index in [2.05, 4.69) is 29.2 Å². The zero-order valence-corrected chi connectivity index (χ0v) is 15.7. The summed E-state index contributed by atoms with van der Waals surface area (Å²) in [6.45, 7) is 5.21. The van der Waals surface area contributed by atoms with Crippen molar-refractivity contribution in [3.63, 3.8) is 0 Å². The van der Waals surface area contributed by atoms with Crippen molar-refractivity contribution in [3.8, 4) is 0 Å². The third-order valence-corrected chi connectivity index (χ3v) is 5.65. The third-order valence-electron chi connectivity index (χ3n) is 5.65. The van der Waals surface area contributed by atoms with Gasteiger partial charge in [0.05, 0.1) is 12.6 Å². The molecule has 1 aromatic heterocycles. The van der Waals surface area contributed by atoms with Crippen LogP contribution >= 0.6 is 0 Å². The second kappa shape index (κ2) is 8.20. The van der Waals surface area contributed by atoms with E-state index in [1.807, 2.05) is 10.9 Å². The van der Waals surface area contributed by atoms with Crippen LogP contribution in [0.2, 0.25) is 0 Å². The van der Waals surface area contributed by atoms with Gasteiger partial charge in [0, 0.05) is 24.8 Å². The Morgan fingerprint density at radius 3 is 2.62 bits per heavy atom. The third kappa shape index (κ3) is 4.63. The number of carboxylic acid groups (broad SMARTS) is 1. The number of amides is 1. The summed E-state index contributed by atoms with van der Waals surface area (Å²) in [5.74, 6) is -0.243. The van der Waals surface area contributed by atoms with Gasteiger partial charge in [0.25, 0.3) is 5.91 Å². The molecule has 1 aromatic rings. The number of nitrogens with one attached hydrogen (secondary N) is 1. The van der Waals surface area contributed by atoms with Gasteiger partial charge in [0.1, 0.15) is 5.69 Å². The predicted molar refractivity (Wildman–Crippen MR) is 98.1 cm³/mol. The highest BCUT2D eigenvalue weighted by molar-refractivity contribution is 5.92. The van der Waals surface area contributed by atoms with Crippen molar-refractivity contribution in [2.45, 2.75) is 70.5 Å². The molecule has 0 unspecified atom stereocenters. The van der Waals surface area contributed by atoms with Gasteiger partial charge < -0.3 is 10.4 Å². The van der Waals surface area contributed by atoms with Crippen molar-refractivity contribution >= 4 is 11.9 Å². The first-order valence-electron chi connectivity index (χ1n) is 9.82. The molecule has 0 aliphatic heterocycles. The summed E-state index contributed by atoms with van der Waals surface area (Å²) in [6.07, 6.45) is 7.91. The number of carboxylic acids is 1. The average Bonchev–Trinajstić information content (AvgIpc) is 3.24. The highest BCUT2D eigenvalue weighted by Gasteiger charge is 2.38. The number of carbonyl (C=O) groups is 2. The van der Waals surface area contributed by atoms with Crippen LogP contribution in [0.3, 0.4) is 0 Å². The minimum atomic E-state index is -0.773. The molecule has 0 aromatic carbocycles. The lowest BCUT2D eigenvalue weighted by molar-refractivity contribution is -0.139. The normalized spacial score (nSPS) is 22.5. The van der Waals surface area contributed by atoms with Crippen LogP contribution in [0.4, 0.5) is 0 Å². The van der Waals surface area contributed by atoms with Crippen LogP contribution in [0.5, 0.6) is 0 Å². The molecule has 0 bridgehead atoms. The van der Waals surface area contributed by atoms with Gasteiger partial charge in [-0.15, -0.1) is 0 Å². The fraction of sp³-hybridized carbons (Fsp3) is 0.737. The number of hydrogen-bond donors (Lipinski definition) is 2. The van der Waals surface area contributed by atoms with Crippen LogP contribution in [0.1, 0.15) is 68.9 Å². The quantitative estimate of drug-likeness (QED) is 0.667. The monoisotopic (exact) mass is 362 g/mol. The summed E-state index contributed by atoms with van der Waals surface area (Å²) in [7, 11) is 0. The molecule has 1 amide bonds. The van der Waals surface area contributed by atoms with E-state index in [4.69, 9.17) is 5.11 Å². The first kappa shape index (κ1) is 18.9. The van der Waals surface area contributed by atoms with Crippen molar-refractivity contribution in [1.29, 1.82) is 0 Å². The summed E-state index contributed by atoms with van der Waals surface area (Å²) in [4.78, 5) is 25.6. The van der Waals surface area contributed by atoms with Crippen LogP contribution in [-0.2, 0) is 4.79 Å². The fourth-order valence-corrected chi connectivity index (χ4v) is 3.74. The summed E-state index contributed by atoms with van der Waals surface area (Å²) in [5.41, 5.74) is 0.459. The van der Waals surface area contributed by atoms with Gasteiger partial charge >= 0.3 is 5.97 Å². The van der Waals surface area contributed by atoms with Crippen LogP contribution in [0.15, 0.2) is 12.3 Å². The minimum Gasteiger partial charge on any atom is -0.480 e. The molecule has 2 aliphatic carbocycles. The van der Waals surface area contributed by atoms with E-state index in [0.29, 0.717) is 17.7 Å². The molecule has 144 valence electrons. The van der Waals surface area contributed by atoms with Crippen molar-refractivity contribution in [3.05, 3.63) is 18.0 Å². The van der Waals surface area contributed by atoms with Crippen molar-refractivity contribution in [2.24, 2.45) is 5.92 Å². The Balaban J connectivity index is 1.48. The van der Waals surface area contributed by atoms with E-state index >= 15 is 0 Å². The Morgan fingerprint density at radius 2 is 2.04 bits per heavy atom. The van der Waals surface area contributed by atoms with Gasteiger partial charge in [-0.3, -0.25) is 19.2 Å². The van der Waals surface area contributed by atoms with E-state index in [-0.39, 0.29) is 24.5 Å². The smallest absolute Gasteiger partial charge is 0.317 e. The molecule has 0 radical (unpaired) electrons. The number of aromatic nitrogens is 2. The van der Waals surface area contributed by atoms with E-state index in [0.717, 1.165) is 32.2 Å². The van der Waals surface area contributed by atoms with Crippen LogP contribution in [0.25, 0.3) is 0 Å². The molecule has 2 fully saturated rings. The second-order valence-electron chi connectivity index (χ2n) is 7.71. The SMILES string of the molecule is CCC(CC)n1ccc(C(=O)NC2CC(N(CC(=O)O)CC3CC3)C2)n1. The first-order valence-corrected chi connectivity index (χ1v) is 9.82. The second-order valence-corrected chi connectivity index (χ2v) is 7.71. The molecule has 0 atom stereocenters. The van der Waals surface area contributed by atoms with Crippen LogP contribution in [-0.4, -0.2) is 56.8 Å². The molecule has 26 heavy (non-hydrogen) atoms. The van der Waals surface area contributed by atoms with Crippen molar-refractivity contribution in [1.82, 2.24) is 20.0 Å². The van der Waals surface area contributed by atoms with Crippen LogP contribution in [0, 0.1) is 5.92 Å². The lowest BCUT2D eigenvalue weighted by Gasteiger charge is -2.42. The molecule has 2 aliphatic rings. The molecule has 0 spiro atoms. The molecular weight excluding hydrogens is 332 g/mol. The maximum Gasteiger partial charge on any atom is 0.317 e. The van der Waals surface area contributed by atoms with E-state index in [1.54, 1.807) is 6.07 Å². The Kier molecular flexibility index (Phi) is 5.96. The number of aliphatic carboxylic acids is 1. The number of hydrogen-bond acceptors (Lipinski definition) is 4. The van der Waals surface area contributed by atoms with Crippen molar-refractivity contribution < 1.29 is 14.7 Å². The van der Waals surface area contributed by atoms with Crippen LogP contribution < -0.4 is 5.32 Å². The minimum absolute atomic E-state index is 0.0989. The van der Waals surface area contributed by atoms with E-state index in [1.165, 1.54) is 12.8 Å². The molecule has 7 nitrogen and oxygen atoms in total. The van der Waals surface area contributed by atoms with Gasteiger partial charge in [-0.25, -0.2) is 0 Å². The Morgan fingerprint density at radius 1 is 1.35 bits per heavy atom. The number of carbonyl (C=O) groups excluding carboxylic acids is 1. The summed E-state index contributed by atoms with van der Waals surface area (Å²) >= 11 is 0. The first-order chi connectivity index (χ1) is 12.5. The van der Waals surface area contributed by atoms with Gasteiger partial charge in [-0.2, -0.15) is 5.10 Å². The summed E-state index contributed by atoms with van der Waals surface area (Å²) in [6, 6.07) is 2.48. The van der Waals surface area contributed by atoms with Gasteiger partial charge in [0.2, 0.25) is 0 Å². The van der Waals surface area contributed by atoms with Crippen molar-refractivity contribution in [2.75, 3.05) is 13.1 Å². The zero-order valence-electron chi connectivity index (χ0n) is 15.7. The predicted octanol–water partition coefficient (Wildman–Crippen LogP) is 2.30. The Hall–Kier alpha value is -1.89. The topological polar surface area (TPSA) is 87.5 Å². The molecule has 1 heterocycles. The Bertz CT molecular complexity index is 630. The lowest BCUT2D eigenvalue weighted by Crippen LogP contribution is -2.55. The average molecular weight is 362 g/mol.